The van der Waals surface area contributed by atoms with Gasteiger partial charge in [0.05, 0.1) is 23.2 Å². The Morgan fingerprint density at radius 1 is 1.28 bits per heavy atom. The number of rotatable bonds is 15. The summed E-state index contributed by atoms with van der Waals surface area (Å²) in [5, 5.41) is 9.34. The maximum Gasteiger partial charge on any atom is 0.311 e. The second kappa shape index (κ2) is 12.2. The summed E-state index contributed by atoms with van der Waals surface area (Å²) in [7, 11) is 0. The van der Waals surface area contributed by atoms with E-state index in [2.05, 4.69) is 33.9 Å². The molecule has 1 N–H and O–H groups in total. The van der Waals surface area contributed by atoms with Gasteiger partial charge in [0.15, 0.2) is 0 Å². The zero-order chi connectivity index (χ0) is 26.5. The number of carbonyl (C=O) groups excluding carboxylic acids is 3. The van der Waals surface area contributed by atoms with Crippen LogP contribution in [0.4, 0.5) is 0 Å². The Hall–Kier alpha value is -1.80. The number of unbranched alkanes of at least 4 members (excludes halogenated alkanes) is 2. The molecular weight excluding hydrogens is 476 g/mol. The van der Waals surface area contributed by atoms with E-state index in [-0.39, 0.29) is 30.4 Å². The van der Waals surface area contributed by atoms with Gasteiger partial charge in [-0.2, -0.15) is 0 Å². The summed E-state index contributed by atoms with van der Waals surface area (Å²) in [6, 6.07) is -0.603. The molecule has 3 fully saturated rings. The van der Waals surface area contributed by atoms with E-state index < -0.39 is 27.4 Å². The minimum absolute atomic E-state index is 0.0233. The third kappa shape index (κ3) is 5.13. The fourth-order valence-electron chi connectivity index (χ4n) is 6.54. The Bertz CT molecular complexity index is 850. The molecule has 202 valence electrons. The summed E-state index contributed by atoms with van der Waals surface area (Å²) in [6.07, 6.45) is 9.50. The summed E-state index contributed by atoms with van der Waals surface area (Å²) in [4.78, 5) is 45.3. The van der Waals surface area contributed by atoms with Gasteiger partial charge in [-0.25, -0.2) is 0 Å². The molecule has 0 saturated carbocycles. The van der Waals surface area contributed by atoms with Gasteiger partial charge < -0.3 is 19.6 Å². The quantitative estimate of drug-likeness (QED) is 0.200. The van der Waals surface area contributed by atoms with Gasteiger partial charge in [-0.1, -0.05) is 25.5 Å². The molecule has 6 atom stereocenters. The van der Waals surface area contributed by atoms with Gasteiger partial charge in [0.25, 0.3) is 0 Å². The van der Waals surface area contributed by atoms with Crippen LogP contribution in [-0.4, -0.2) is 80.6 Å². The van der Waals surface area contributed by atoms with Crippen LogP contribution in [0.5, 0.6) is 0 Å². The van der Waals surface area contributed by atoms with Crippen LogP contribution in [0.25, 0.3) is 0 Å². The highest BCUT2D eigenvalue weighted by Crippen LogP contribution is 2.71. The Labute approximate surface area is 220 Å². The van der Waals surface area contributed by atoms with Gasteiger partial charge in [-0.05, 0) is 58.8 Å². The highest BCUT2D eigenvalue weighted by Gasteiger charge is 2.77. The lowest BCUT2D eigenvalue weighted by Crippen LogP contribution is -2.56. The van der Waals surface area contributed by atoms with Crippen LogP contribution < -0.4 is 0 Å². The number of allylic oxidation sites excluding steroid dienone is 1. The van der Waals surface area contributed by atoms with Crippen molar-refractivity contribution in [3.63, 3.8) is 0 Å². The number of carbonyl (C=O) groups is 3. The fraction of sp³-hybridized carbons (Fsp3) is 0.750. The SMILES string of the molecule is C=CCCCOC(=O)[C@H]1[C@H]2C(=O)N(CCCCO)C(C(=O)N(CC=C)C(C)CCC)C23CC[C@]1(C)S3. The minimum atomic E-state index is -0.641. The van der Waals surface area contributed by atoms with Crippen LogP contribution in [0.2, 0.25) is 0 Å². The Morgan fingerprint density at radius 3 is 2.67 bits per heavy atom. The van der Waals surface area contributed by atoms with E-state index in [1.807, 2.05) is 4.90 Å². The Kier molecular flexibility index (Phi) is 9.72. The van der Waals surface area contributed by atoms with Gasteiger partial charge >= 0.3 is 5.97 Å². The molecule has 0 radical (unpaired) electrons. The molecular formula is C28H44N2O5S. The second-order valence-corrected chi connectivity index (χ2v) is 12.6. The fourth-order valence-corrected chi connectivity index (χ4v) is 8.88. The van der Waals surface area contributed by atoms with Crippen molar-refractivity contribution < 1.29 is 24.2 Å². The molecule has 3 aliphatic rings. The van der Waals surface area contributed by atoms with Crippen molar-refractivity contribution in [1.82, 2.24) is 9.80 Å². The lowest BCUT2D eigenvalue weighted by molar-refractivity contribution is -0.155. The number of hydrogen-bond acceptors (Lipinski definition) is 6. The van der Waals surface area contributed by atoms with Gasteiger partial charge in [-0.15, -0.1) is 24.9 Å². The molecule has 1 spiro atoms. The van der Waals surface area contributed by atoms with Crippen LogP contribution in [0, 0.1) is 11.8 Å². The first-order valence-corrected chi connectivity index (χ1v) is 14.3. The van der Waals surface area contributed by atoms with Crippen LogP contribution in [0.3, 0.4) is 0 Å². The highest BCUT2D eigenvalue weighted by molar-refractivity contribution is 8.02. The normalized spacial score (nSPS) is 31.3. The largest absolute Gasteiger partial charge is 0.465 e. The summed E-state index contributed by atoms with van der Waals surface area (Å²) < 4.78 is 4.60. The van der Waals surface area contributed by atoms with E-state index in [1.165, 1.54) is 0 Å². The number of ether oxygens (including phenoxy) is 1. The van der Waals surface area contributed by atoms with Crippen molar-refractivity contribution in [2.24, 2.45) is 11.8 Å². The summed E-state index contributed by atoms with van der Waals surface area (Å²) >= 11 is 1.67. The van der Waals surface area contributed by atoms with E-state index in [9.17, 15) is 19.5 Å². The zero-order valence-electron chi connectivity index (χ0n) is 22.2. The molecule has 7 nitrogen and oxygen atoms in total. The summed E-state index contributed by atoms with van der Waals surface area (Å²) in [6.45, 7) is 15.0. The van der Waals surface area contributed by atoms with Crippen molar-refractivity contribution in [1.29, 1.82) is 0 Å². The third-order valence-corrected chi connectivity index (χ3v) is 10.2. The molecule has 0 aliphatic carbocycles. The molecule has 3 unspecified atom stereocenters. The maximum absolute atomic E-state index is 14.3. The second-order valence-electron chi connectivity index (χ2n) is 10.7. The molecule has 3 rings (SSSR count). The molecule has 2 amide bonds. The van der Waals surface area contributed by atoms with Crippen molar-refractivity contribution in [3.05, 3.63) is 25.3 Å². The lowest BCUT2D eigenvalue weighted by atomic mass is 9.66. The number of aliphatic hydroxyl groups excluding tert-OH is 1. The maximum atomic E-state index is 14.3. The first-order valence-electron chi connectivity index (χ1n) is 13.5. The van der Waals surface area contributed by atoms with E-state index >= 15 is 0 Å². The van der Waals surface area contributed by atoms with Crippen molar-refractivity contribution >= 4 is 29.5 Å². The molecule has 2 bridgehead atoms. The average molecular weight is 521 g/mol. The molecule has 3 aliphatic heterocycles. The van der Waals surface area contributed by atoms with E-state index in [0.717, 1.165) is 32.1 Å². The van der Waals surface area contributed by atoms with Gasteiger partial charge in [0, 0.05) is 30.5 Å². The number of hydrogen-bond donors (Lipinski definition) is 1. The van der Waals surface area contributed by atoms with E-state index in [4.69, 9.17) is 4.74 Å². The predicted molar refractivity (Wildman–Crippen MR) is 143 cm³/mol. The van der Waals surface area contributed by atoms with Crippen LogP contribution >= 0.6 is 11.8 Å². The number of aliphatic hydroxyl groups is 1. The topological polar surface area (TPSA) is 87.1 Å². The van der Waals surface area contributed by atoms with Crippen LogP contribution in [0.1, 0.15) is 72.1 Å². The van der Waals surface area contributed by atoms with Crippen molar-refractivity contribution in [2.75, 3.05) is 26.3 Å². The van der Waals surface area contributed by atoms with Gasteiger partial charge in [-0.3, -0.25) is 14.4 Å². The number of esters is 1. The monoisotopic (exact) mass is 520 g/mol. The molecule has 0 aromatic rings. The number of likely N-dealkylation sites (tertiary alicyclic amines) is 1. The molecule has 0 aromatic carbocycles. The number of nitrogens with zero attached hydrogens (tertiary/aromatic N) is 2. The Morgan fingerprint density at radius 2 is 2.03 bits per heavy atom. The summed E-state index contributed by atoms with van der Waals surface area (Å²) in [5.41, 5.74) is 0. The van der Waals surface area contributed by atoms with E-state index in [1.54, 1.807) is 28.8 Å². The van der Waals surface area contributed by atoms with Crippen LogP contribution in [0.15, 0.2) is 25.3 Å². The van der Waals surface area contributed by atoms with Crippen molar-refractivity contribution in [2.45, 2.75) is 93.7 Å². The van der Waals surface area contributed by atoms with Gasteiger partial charge in [0.2, 0.25) is 11.8 Å². The van der Waals surface area contributed by atoms with Gasteiger partial charge in [0.1, 0.15) is 6.04 Å². The molecule has 3 saturated heterocycles. The predicted octanol–water partition coefficient (Wildman–Crippen LogP) is 3.95. The minimum Gasteiger partial charge on any atom is -0.465 e. The van der Waals surface area contributed by atoms with E-state index in [0.29, 0.717) is 39.0 Å². The first-order chi connectivity index (χ1) is 17.2. The van der Waals surface area contributed by atoms with Crippen LogP contribution in [-0.2, 0) is 19.1 Å². The molecule has 3 heterocycles. The Balaban J connectivity index is 1.97. The number of fused-ring (bicyclic) bond motifs is 1. The van der Waals surface area contributed by atoms with Crippen molar-refractivity contribution in [3.8, 4) is 0 Å². The first kappa shape index (κ1) is 28.8. The number of thioether (sulfide) groups is 1. The number of amides is 2. The molecule has 8 heteroatoms. The third-order valence-electron chi connectivity index (χ3n) is 8.22. The zero-order valence-corrected chi connectivity index (χ0v) is 23.1. The molecule has 36 heavy (non-hydrogen) atoms. The molecule has 0 aromatic heterocycles. The highest BCUT2D eigenvalue weighted by atomic mass is 32.2. The standard InChI is InChI=1S/C28H44N2O5S/c1-6-9-12-19-35-26(34)22-21-24(32)30(17-10-11-18-31)23(28(21)15-14-27(22,5)36-28)25(33)29(16-8-3)20(4)13-7-2/h6,8,20-23,31H,1,3,7,9-19H2,2,4-5H3/t20?,21-,22+,23?,27-,28?/m0/s1. The average Bonchev–Trinajstić information content (AvgIpc) is 3.41. The summed E-state index contributed by atoms with van der Waals surface area (Å²) in [5.74, 6) is -1.61. The smallest absolute Gasteiger partial charge is 0.311 e. The lowest BCUT2D eigenvalue weighted by Gasteiger charge is -2.39.